The van der Waals surface area contributed by atoms with Crippen LogP contribution in [0.2, 0.25) is 0 Å². The Hall–Kier alpha value is -0.130. The summed E-state index contributed by atoms with van der Waals surface area (Å²) in [5, 5.41) is 14.8. The third-order valence-corrected chi connectivity index (χ3v) is 5.10. The highest BCUT2D eigenvalue weighted by atomic mass is 32.2. The first kappa shape index (κ1) is 12.3. The highest BCUT2D eigenvalue weighted by molar-refractivity contribution is 7.99. The van der Waals surface area contributed by atoms with Gasteiger partial charge in [0.15, 0.2) is 0 Å². The lowest BCUT2D eigenvalue weighted by molar-refractivity contribution is 0.382. The van der Waals surface area contributed by atoms with Crippen LogP contribution < -0.4 is 5.32 Å². The molecule has 1 aromatic rings. The Balaban J connectivity index is 1.84. The fourth-order valence-electron chi connectivity index (χ4n) is 2.24. The highest BCUT2D eigenvalue weighted by Crippen LogP contribution is 2.27. The summed E-state index contributed by atoms with van der Waals surface area (Å²) >= 11 is 3.69. The number of rotatable bonds is 4. The maximum Gasteiger partial charge on any atom is 0.131 e. The Morgan fingerprint density at radius 1 is 1.38 bits per heavy atom. The molecule has 0 bridgehead atoms. The lowest BCUT2D eigenvalue weighted by Crippen LogP contribution is -2.39. The van der Waals surface area contributed by atoms with E-state index in [9.17, 15) is 0 Å². The number of hydrogen-bond donors (Lipinski definition) is 1. The number of nitrogens with zero attached hydrogens (tertiary/aromatic N) is 2. The van der Waals surface area contributed by atoms with Crippen molar-refractivity contribution in [2.24, 2.45) is 0 Å². The van der Waals surface area contributed by atoms with E-state index >= 15 is 0 Å². The van der Waals surface area contributed by atoms with Gasteiger partial charge in [-0.25, -0.2) is 0 Å². The van der Waals surface area contributed by atoms with E-state index in [0.717, 1.165) is 21.8 Å². The number of hydrogen-bond acceptors (Lipinski definition) is 5. The van der Waals surface area contributed by atoms with E-state index in [1.807, 2.05) is 18.7 Å². The van der Waals surface area contributed by atoms with Crippen molar-refractivity contribution in [3.8, 4) is 0 Å². The molecule has 1 fully saturated rings. The third kappa shape index (κ3) is 3.18. The van der Waals surface area contributed by atoms with Gasteiger partial charge in [0.1, 0.15) is 10.0 Å². The molecule has 1 aliphatic rings. The molecule has 0 spiro atoms. The van der Waals surface area contributed by atoms with Crippen molar-refractivity contribution in [2.45, 2.75) is 50.4 Å². The maximum absolute atomic E-state index is 4.15. The van der Waals surface area contributed by atoms with Gasteiger partial charge in [0.2, 0.25) is 0 Å². The zero-order chi connectivity index (χ0) is 11.4. The highest BCUT2D eigenvalue weighted by Gasteiger charge is 2.23. The van der Waals surface area contributed by atoms with Gasteiger partial charge in [-0.1, -0.05) is 12.8 Å². The standard InChI is InChI=1S/C11H19N3S2/c1-8-13-14-11(16-8)7-12-9-5-3-4-6-10(9)15-2/h9-10,12H,3-7H2,1-2H3. The lowest BCUT2D eigenvalue weighted by atomic mass is 9.95. The fourth-order valence-corrected chi connectivity index (χ4v) is 3.86. The summed E-state index contributed by atoms with van der Waals surface area (Å²) < 4.78 is 0. The van der Waals surface area contributed by atoms with E-state index < -0.39 is 0 Å². The summed E-state index contributed by atoms with van der Waals surface area (Å²) in [4.78, 5) is 0. The number of aryl methyl sites for hydroxylation is 1. The second-order valence-electron chi connectivity index (χ2n) is 4.26. The van der Waals surface area contributed by atoms with Crippen LogP contribution in [0.1, 0.15) is 35.7 Å². The van der Waals surface area contributed by atoms with Gasteiger partial charge in [0, 0.05) is 17.8 Å². The van der Waals surface area contributed by atoms with E-state index in [0.29, 0.717) is 6.04 Å². The Labute approximate surface area is 105 Å². The molecule has 3 nitrogen and oxygen atoms in total. The first-order valence-corrected chi connectivity index (χ1v) is 7.95. The van der Waals surface area contributed by atoms with Gasteiger partial charge in [0.25, 0.3) is 0 Å². The summed E-state index contributed by atoms with van der Waals surface area (Å²) in [7, 11) is 0. The van der Waals surface area contributed by atoms with E-state index in [2.05, 4.69) is 21.8 Å². The summed E-state index contributed by atoms with van der Waals surface area (Å²) in [6, 6.07) is 0.660. The first-order chi connectivity index (χ1) is 7.79. The smallest absolute Gasteiger partial charge is 0.131 e. The van der Waals surface area contributed by atoms with Gasteiger partial charge in [-0.3, -0.25) is 0 Å². The zero-order valence-electron chi connectivity index (χ0n) is 9.90. The molecule has 0 saturated heterocycles. The molecule has 0 amide bonds. The SMILES string of the molecule is CSC1CCCCC1NCc1nnc(C)s1. The molecule has 1 aromatic heterocycles. The Bertz CT molecular complexity index is 327. The van der Waals surface area contributed by atoms with Gasteiger partial charge >= 0.3 is 0 Å². The van der Waals surface area contributed by atoms with Crippen LogP contribution in [0.4, 0.5) is 0 Å². The van der Waals surface area contributed by atoms with Gasteiger partial charge < -0.3 is 5.32 Å². The molecule has 16 heavy (non-hydrogen) atoms. The molecule has 0 radical (unpaired) electrons. The van der Waals surface area contributed by atoms with Crippen molar-refractivity contribution in [3.63, 3.8) is 0 Å². The van der Waals surface area contributed by atoms with Crippen LogP contribution in [-0.4, -0.2) is 27.7 Å². The number of nitrogens with one attached hydrogen (secondary N) is 1. The van der Waals surface area contributed by atoms with E-state index in [4.69, 9.17) is 0 Å². The average molecular weight is 257 g/mol. The molecular weight excluding hydrogens is 238 g/mol. The van der Waals surface area contributed by atoms with Crippen molar-refractivity contribution in [2.75, 3.05) is 6.26 Å². The molecule has 2 atom stereocenters. The van der Waals surface area contributed by atoms with Gasteiger partial charge in [-0.15, -0.1) is 21.5 Å². The molecule has 2 rings (SSSR count). The molecule has 0 aromatic carbocycles. The van der Waals surface area contributed by atoms with Crippen LogP contribution in [0.3, 0.4) is 0 Å². The van der Waals surface area contributed by atoms with Crippen molar-refractivity contribution >= 4 is 23.1 Å². The predicted octanol–water partition coefficient (Wildman–Crippen LogP) is 2.61. The monoisotopic (exact) mass is 257 g/mol. The second-order valence-corrected chi connectivity index (χ2v) is 6.60. The van der Waals surface area contributed by atoms with E-state index in [-0.39, 0.29) is 0 Å². The predicted molar refractivity (Wildman–Crippen MR) is 71.0 cm³/mol. The van der Waals surface area contributed by atoms with Crippen LogP contribution in [-0.2, 0) is 6.54 Å². The van der Waals surface area contributed by atoms with Crippen LogP contribution in [0.25, 0.3) is 0 Å². The normalized spacial score (nSPS) is 25.9. The number of aromatic nitrogens is 2. The Kier molecular flexibility index (Phi) is 4.61. The number of thioether (sulfide) groups is 1. The molecule has 1 N–H and O–H groups in total. The van der Waals surface area contributed by atoms with E-state index in [1.54, 1.807) is 11.3 Å². The van der Waals surface area contributed by atoms with E-state index in [1.165, 1.54) is 25.7 Å². The fraction of sp³-hybridized carbons (Fsp3) is 0.818. The Morgan fingerprint density at radius 3 is 2.88 bits per heavy atom. The van der Waals surface area contributed by atoms with Gasteiger partial charge in [-0.2, -0.15) is 11.8 Å². The topological polar surface area (TPSA) is 37.8 Å². The van der Waals surface area contributed by atoms with Crippen molar-refractivity contribution < 1.29 is 0 Å². The van der Waals surface area contributed by atoms with Gasteiger partial charge in [0.05, 0.1) is 0 Å². The van der Waals surface area contributed by atoms with Crippen molar-refractivity contribution in [3.05, 3.63) is 10.0 Å². The quantitative estimate of drug-likeness (QED) is 0.900. The molecule has 1 heterocycles. The molecule has 5 heteroatoms. The molecule has 90 valence electrons. The molecule has 1 aliphatic carbocycles. The summed E-state index contributed by atoms with van der Waals surface area (Å²) in [5.41, 5.74) is 0. The minimum atomic E-state index is 0.660. The molecule has 0 aliphatic heterocycles. The maximum atomic E-state index is 4.15. The zero-order valence-corrected chi connectivity index (χ0v) is 11.5. The summed E-state index contributed by atoms with van der Waals surface area (Å²) in [6.45, 7) is 2.89. The van der Waals surface area contributed by atoms with Crippen LogP contribution >= 0.6 is 23.1 Å². The Morgan fingerprint density at radius 2 is 2.19 bits per heavy atom. The second kappa shape index (κ2) is 5.98. The van der Waals surface area contributed by atoms with Crippen molar-refractivity contribution in [1.82, 2.24) is 15.5 Å². The van der Waals surface area contributed by atoms with Crippen LogP contribution in [0, 0.1) is 6.92 Å². The lowest BCUT2D eigenvalue weighted by Gasteiger charge is -2.30. The molecule has 1 saturated carbocycles. The first-order valence-electron chi connectivity index (χ1n) is 5.85. The molecular formula is C11H19N3S2. The van der Waals surface area contributed by atoms with Gasteiger partial charge in [-0.05, 0) is 26.0 Å². The summed E-state index contributed by atoms with van der Waals surface area (Å²) in [6.07, 6.45) is 7.64. The van der Waals surface area contributed by atoms with Crippen LogP contribution in [0.5, 0.6) is 0 Å². The van der Waals surface area contributed by atoms with Crippen LogP contribution in [0.15, 0.2) is 0 Å². The molecule has 2 unspecified atom stereocenters. The minimum Gasteiger partial charge on any atom is -0.307 e. The third-order valence-electron chi connectivity index (χ3n) is 3.09. The van der Waals surface area contributed by atoms with Crippen molar-refractivity contribution in [1.29, 1.82) is 0 Å². The largest absolute Gasteiger partial charge is 0.307 e. The minimum absolute atomic E-state index is 0.660. The summed E-state index contributed by atoms with van der Waals surface area (Å²) in [5.74, 6) is 0. The average Bonchev–Trinajstić information content (AvgIpc) is 2.73.